The normalized spacial score (nSPS) is 30.0. The first-order valence-corrected chi connectivity index (χ1v) is 6.88. The van der Waals surface area contributed by atoms with Gasteiger partial charge in [-0.05, 0) is 48.8 Å². The molecular formula is C16H16FNO. The molecular weight excluding hydrogens is 241 g/mol. The van der Waals surface area contributed by atoms with Crippen molar-refractivity contribution in [3.8, 4) is 6.07 Å². The maximum Gasteiger partial charge on any atom is 0.157 e. The Bertz CT molecular complexity index is 548. The molecule has 1 aromatic rings. The summed E-state index contributed by atoms with van der Waals surface area (Å²) < 4.78 is 13.2. The topological polar surface area (TPSA) is 40.9 Å². The van der Waals surface area contributed by atoms with Crippen molar-refractivity contribution < 1.29 is 9.18 Å². The van der Waals surface area contributed by atoms with Gasteiger partial charge >= 0.3 is 0 Å². The predicted molar refractivity (Wildman–Crippen MR) is 68.7 cm³/mol. The van der Waals surface area contributed by atoms with Gasteiger partial charge in [-0.15, -0.1) is 0 Å². The summed E-state index contributed by atoms with van der Waals surface area (Å²) in [7, 11) is 0. The number of hydrogen-bond acceptors (Lipinski definition) is 2. The van der Waals surface area contributed by atoms with Gasteiger partial charge in [0.1, 0.15) is 11.7 Å². The average Bonchev–Trinajstić information content (AvgIpc) is 3.02. The van der Waals surface area contributed by atoms with Crippen molar-refractivity contribution >= 4 is 5.78 Å². The quantitative estimate of drug-likeness (QED) is 0.832. The Morgan fingerprint density at radius 2 is 2.21 bits per heavy atom. The average molecular weight is 257 g/mol. The number of ketones is 1. The number of carbonyl (C=O) groups excluding carboxylic acids is 1. The molecule has 0 aliphatic heterocycles. The van der Waals surface area contributed by atoms with E-state index in [9.17, 15) is 14.4 Å². The van der Waals surface area contributed by atoms with E-state index in [1.54, 1.807) is 12.1 Å². The molecule has 0 heterocycles. The summed E-state index contributed by atoms with van der Waals surface area (Å²) in [6, 6.07) is 7.93. The molecule has 3 rings (SSSR count). The van der Waals surface area contributed by atoms with Crippen LogP contribution in [0.1, 0.15) is 37.2 Å². The molecule has 2 nitrogen and oxygen atoms in total. The van der Waals surface area contributed by atoms with Gasteiger partial charge in [0.25, 0.3) is 0 Å². The Balaban J connectivity index is 1.83. The highest BCUT2D eigenvalue weighted by Gasteiger charge is 2.44. The molecule has 98 valence electrons. The minimum absolute atomic E-state index is 0.000278. The smallest absolute Gasteiger partial charge is 0.157 e. The number of benzene rings is 1. The monoisotopic (exact) mass is 257 g/mol. The SMILES string of the molecule is N#CC(C(=O)C1CC2CCC1C2)c1cccc(F)c1. The molecule has 4 unspecified atom stereocenters. The molecule has 2 aliphatic rings. The van der Waals surface area contributed by atoms with Crippen LogP contribution < -0.4 is 0 Å². The Morgan fingerprint density at radius 1 is 1.37 bits per heavy atom. The first-order valence-electron chi connectivity index (χ1n) is 6.88. The fourth-order valence-electron chi connectivity index (χ4n) is 3.80. The van der Waals surface area contributed by atoms with Crippen LogP contribution in [0.2, 0.25) is 0 Å². The van der Waals surface area contributed by atoms with Gasteiger partial charge in [-0.1, -0.05) is 18.6 Å². The summed E-state index contributed by atoms with van der Waals surface area (Å²) in [5, 5.41) is 9.28. The highest BCUT2D eigenvalue weighted by Crippen LogP contribution is 2.49. The van der Waals surface area contributed by atoms with Crippen LogP contribution in [0.3, 0.4) is 0 Å². The third kappa shape index (κ3) is 2.16. The summed E-state index contributed by atoms with van der Waals surface area (Å²) in [6.07, 6.45) is 4.41. The standard InChI is InChI=1S/C16H16FNO/c17-13-3-1-2-11(8-13)15(9-18)16(19)14-7-10-4-5-12(14)6-10/h1-3,8,10,12,14-15H,4-7H2. The fourth-order valence-corrected chi connectivity index (χ4v) is 3.80. The molecule has 1 aromatic carbocycles. The number of nitriles is 1. The highest BCUT2D eigenvalue weighted by atomic mass is 19.1. The van der Waals surface area contributed by atoms with E-state index in [-0.39, 0.29) is 11.7 Å². The van der Waals surface area contributed by atoms with Gasteiger partial charge < -0.3 is 0 Å². The minimum atomic E-state index is -0.806. The van der Waals surface area contributed by atoms with Crippen molar-refractivity contribution in [3.63, 3.8) is 0 Å². The first-order chi connectivity index (χ1) is 9.19. The molecule has 2 fully saturated rings. The lowest BCUT2D eigenvalue weighted by molar-refractivity contribution is -0.124. The van der Waals surface area contributed by atoms with Crippen molar-refractivity contribution in [2.24, 2.45) is 17.8 Å². The lowest BCUT2D eigenvalue weighted by atomic mass is 9.79. The summed E-state index contributed by atoms with van der Waals surface area (Å²) >= 11 is 0. The maximum atomic E-state index is 13.2. The van der Waals surface area contributed by atoms with Crippen LogP contribution >= 0.6 is 0 Å². The van der Waals surface area contributed by atoms with E-state index >= 15 is 0 Å². The van der Waals surface area contributed by atoms with Gasteiger partial charge in [-0.3, -0.25) is 4.79 Å². The molecule has 0 amide bonds. The number of fused-ring (bicyclic) bond motifs is 2. The number of Topliss-reactive ketones (excluding diaryl/α,β-unsaturated/α-hetero) is 1. The van der Waals surface area contributed by atoms with Gasteiger partial charge in [0.15, 0.2) is 5.78 Å². The van der Waals surface area contributed by atoms with Crippen LogP contribution in [0.15, 0.2) is 24.3 Å². The molecule has 3 heteroatoms. The third-order valence-corrected chi connectivity index (χ3v) is 4.70. The van der Waals surface area contributed by atoms with Crippen molar-refractivity contribution in [1.82, 2.24) is 0 Å². The van der Waals surface area contributed by atoms with Crippen LogP contribution in [0.4, 0.5) is 4.39 Å². The Labute approximate surface area is 112 Å². The van der Waals surface area contributed by atoms with Crippen LogP contribution in [0.5, 0.6) is 0 Å². The molecule has 2 bridgehead atoms. The van der Waals surface area contributed by atoms with Crippen LogP contribution in [-0.4, -0.2) is 5.78 Å². The second kappa shape index (κ2) is 4.77. The zero-order valence-electron chi connectivity index (χ0n) is 10.7. The fraction of sp³-hybridized carbons (Fsp3) is 0.500. The molecule has 0 N–H and O–H groups in total. The van der Waals surface area contributed by atoms with Gasteiger partial charge in [0.05, 0.1) is 6.07 Å². The Hall–Kier alpha value is -1.69. The number of halogens is 1. The molecule has 4 atom stereocenters. The molecule has 0 saturated heterocycles. The Kier molecular flexibility index (Phi) is 3.10. The van der Waals surface area contributed by atoms with Crippen molar-refractivity contribution in [1.29, 1.82) is 5.26 Å². The van der Waals surface area contributed by atoms with Crippen molar-refractivity contribution in [2.45, 2.75) is 31.6 Å². The highest BCUT2D eigenvalue weighted by molar-refractivity contribution is 5.91. The van der Waals surface area contributed by atoms with Crippen LogP contribution in [-0.2, 0) is 4.79 Å². The van der Waals surface area contributed by atoms with Gasteiger partial charge in [-0.2, -0.15) is 5.26 Å². The molecule has 2 aliphatic carbocycles. The van der Waals surface area contributed by atoms with E-state index in [1.165, 1.54) is 18.6 Å². The predicted octanol–water partition coefficient (Wildman–Crippen LogP) is 3.44. The minimum Gasteiger partial charge on any atom is -0.298 e. The van der Waals surface area contributed by atoms with E-state index in [1.807, 2.05) is 0 Å². The zero-order valence-corrected chi connectivity index (χ0v) is 10.7. The van der Waals surface area contributed by atoms with Crippen LogP contribution in [0, 0.1) is 34.9 Å². The molecule has 0 spiro atoms. The van der Waals surface area contributed by atoms with Gasteiger partial charge in [-0.25, -0.2) is 4.39 Å². The molecule has 2 saturated carbocycles. The number of hydrogen-bond donors (Lipinski definition) is 0. The third-order valence-electron chi connectivity index (χ3n) is 4.70. The van der Waals surface area contributed by atoms with E-state index in [4.69, 9.17) is 0 Å². The molecule has 19 heavy (non-hydrogen) atoms. The number of nitrogens with zero attached hydrogens (tertiary/aromatic N) is 1. The second-order valence-corrected chi connectivity index (χ2v) is 5.80. The summed E-state index contributed by atoms with van der Waals surface area (Å²) in [4.78, 5) is 12.5. The number of carbonyl (C=O) groups is 1. The number of rotatable bonds is 3. The second-order valence-electron chi connectivity index (χ2n) is 5.80. The van der Waals surface area contributed by atoms with Gasteiger partial charge in [0.2, 0.25) is 0 Å². The zero-order chi connectivity index (χ0) is 13.4. The lowest BCUT2D eigenvalue weighted by Gasteiger charge is -2.22. The molecule has 0 radical (unpaired) electrons. The van der Waals surface area contributed by atoms with E-state index in [0.717, 1.165) is 19.3 Å². The lowest BCUT2D eigenvalue weighted by Crippen LogP contribution is -2.26. The maximum absolute atomic E-state index is 13.2. The van der Waals surface area contributed by atoms with E-state index in [0.29, 0.717) is 17.4 Å². The Morgan fingerprint density at radius 3 is 2.79 bits per heavy atom. The van der Waals surface area contributed by atoms with Crippen molar-refractivity contribution in [3.05, 3.63) is 35.6 Å². The molecule has 0 aromatic heterocycles. The summed E-state index contributed by atoms with van der Waals surface area (Å²) in [5.41, 5.74) is 0.496. The first kappa shape index (κ1) is 12.3. The van der Waals surface area contributed by atoms with Crippen LogP contribution in [0.25, 0.3) is 0 Å². The van der Waals surface area contributed by atoms with E-state index in [2.05, 4.69) is 6.07 Å². The summed E-state index contributed by atoms with van der Waals surface area (Å²) in [6.45, 7) is 0. The van der Waals surface area contributed by atoms with E-state index < -0.39 is 11.7 Å². The summed E-state index contributed by atoms with van der Waals surface area (Å²) in [5.74, 6) is -0.0433. The largest absolute Gasteiger partial charge is 0.298 e. The van der Waals surface area contributed by atoms with Gasteiger partial charge in [0, 0.05) is 5.92 Å². The van der Waals surface area contributed by atoms with Crippen molar-refractivity contribution in [2.75, 3.05) is 0 Å².